The van der Waals surface area contributed by atoms with Gasteiger partial charge in [-0.2, -0.15) is 5.10 Å². The zero-order chi connectivity index (χ0) is 10.1. The van der Waals surface area contributed by atoms with Gasteiger partial charge in [-0.15, -0.1) is 0 Å². The number of thiocarbonyl (C=S) groups is 1. The minimum Gasteiger partial charge on any atom is -0.375 e. The lowest BCUT2D eigenvalue weighted by molar-refractivity contribution is 0.805. The molecule has 3 N–H and O–H groups in total. The Morgan fingerprint density at radius 2 is 2.00 bits per heavy atom. The summed E-state index contributed by atoms with van der Waals surface area (Å²) in [5.41, 5.74) is 9.08. The van der Waals surface area contributed by atoms with E-state index in [4.69, 9.17) is 5.73 Å². The maximum Gasteiger partial charge on any atom is 0.184 e. The summed E-state index contributed by atoms with van der Waals surface area (Å²) in [6.07, 6.45) is 5.55. The first kappa shape index (κ1) is 12.4. The fourth-order valence-corrected chi connectivity index (χ4v) is 1.09. The summed E-state index contributed by atoms with van der Waals surface area (Å²) in [7, 11) is 0. The number of nitrogens with zero attached hydrogens (tertiary/aromatic N) is 1. The van der Waals surface area contributed by atoms with Gasteiger partial charge in [0.25, 0.3) is 0 Å². The average Bonchev–Trinajstić information content (AvgIpc) is 2.09. The lowest BCUT2D eigenvalue weighted by atomic mass is 10.1. The highest BCUT2D eigenvalue weighted by atomic mass is 32.1. The highest BCUT2D eigenvalue weighted by Crippen LogP contribution is 2.02. The van der Waals surface area contributed by atoms with Crippen molar-refractivity contribution in [2.75, 3.05) is 0 Å². The number of nitrogens with one attached hydrogen (secondary N) is 1. The van der Waals surface area contributed by atoms with Crippen LogP contribution < -0.4 is 11.2 Å². The van der Waals surface area contributed by atoms with Crippen molar-refractivity contribution in [2.45, 2.75) is 46.0 Å². The third kappa shape index (κ3) is 7.71. The zero-order valence-electron chi connectivity index (χ0n) is 8.47. The lowest BCUT2D eigenvalue weighted by Gasteiger charge is -2.04. The monoisotopic (exact) mass is 201 g/mol. The standard InChI is InChI=1S/C9H19N3S/c1-3-5-7-8(6-4-2)11-12-9(10)13/h3-7H2,1-2H3,(H3,10,12,13)/b11-8-. The number of unbranched alkanes of at least 4 members (excludes halogenated alkanes) is 1. The quantitative estimate of drug-likeness (QED) is 0.393. The number of nitrogens with two attached hydrogens (primary N) is 1. The first-order valence-electron chi connectivity index (χ1n) is 4.81. The third-order valence-corrected chi connectivity index (χ3v) is 1.77. The van der Waals surface area contributed by atoms with Gasteiger partial charge in [-0.05, 0) is 31.5 Å². The Kier molecular flexibility index (Phi) is 7.59. The third-order valence-electron chi connectivity index (χ3n) is 1.68. The summed E-state index contributed by atoms with van der Waals surface area (Å²) in [5, 5.41) is 4.39. The van der Waals surface area contributed by atoms with Gasteiger partial charge in [-0.25, -0.2) is 0 Å². The van der Waals surface area contributed by atoms with E-state index in [9.17, 15) is 0 Å². The average molecular weight is 201 g/mol. The Morgan fingerprint density at radius 3 is 2.46 bits per heavy atom. The molecule has 0 aliphatic heterocycles. The van der Waals surface area contributed by atoms with Gasteiger partial charge in [0.1, 0.15) is 0 Å². The highest BCUT2D eigenvalue weighted by molar-refractivity contribution is 7.80. The first-order chi connectivity index (χ1) is 6.20. The molecule has 0 aromatic carbocycles. The molecule has 0 unspecified atom stereocenters. The van der Waals surface area contributed by atoms with Crippen LogP contribution in [0.15, 0.2) is 5.10 Å². The van der Waals surface area contributed by atoms with Gasteiger partial charge < -0.3 is 5.73 Å². The van der Waals surface area contributed by atoms with E-state index in [0.29, 0.717) is 0 Å². The molecular formula is C9H19N3S. The second-order valence-electron chi connectivity index (χ2n) is 3.01. The second-order valence-corrected chi connectivity index (χ2v) is 3.45. The summed E-state index contributed by atoms with van der Waals surface area (Å²) >= 11 is 4.67. The van der Waals surface area contributed by atoms with Crippen molar-refractivity contribution in [1.82, 2.24) is 5.43 Å². The van der Waals surface area contributed by atoms with Gasteiger partial charge in [0, 0.05) is 5.71 Å². The second kappa shape index (κ2) is 7.98. The predicted octanol–water partition coefficient (Wildman–Crippen LogP) is 2.17. The van der Waals surface area contributed by atoms with Crippen molar-refractivity contribution in [3.8, 4) is 0 Å². The maximum absolute atomic E-state index is 5.28. The van der Waals surface area contributed by atoms with E-state index in [-0.39, 0.29) is 5.11 Å². The summed E-state index contributed by atoms with van der Waals surface area (Å²) in [6.45, 7) is 4.31. The molecule has 0 saturated carbocycles. The molecule has 0 rings (SSSR count). The first-order valence-corrected chi connectivity index (χ1v) is 5.22. The fraction of sp³-hybridized carbons (Fsp3) is 0.778. The van der Waals surface area contributed by atoms with Crippen LogP contribution in [0.1, 0.15) is 46.0 Å². The van der Waals surface area contributed by atoms with E-state index >= 15 is 0 Å². The predicted molar refractivity (Wildman–Crippen MR) is 61.8 cm³/mol. The van der Waals surface area contributed by atoms with Crippen LogP contribution >= 0.6 is 12.2 Å². The Morgan fingerprint density at radius 1 is 1.31 bits per heavy atom. The number of hydrogen-bond acceptors (Lipinski definition) is 2. The van der Waals surface area contributed by atoms with Crippen LogP contribution in [0.3, 0.4) is 0 Å². The van der Waals surface area contributed by atoms with E-state index in [0.717, 1.165) is 25.0 Å². The van der Waals surface area contributed by atoms with Gasteiger partial charge >= 0.3 is 0 Å². The van der Waals surface area contributed by atoms with E-state index < -0.39 is 0 Å². The summed E-state index contributed by atoms with van der Waals surface area (Å²) in [4.78, 5) is 0. The van der Waals surface area contributed by atoms with Crippen LogP contribution in [0.5, 0.6) is 0 Å². The normalized spacial score (nSPS) is 11.4. The van der Waals surface area contributed by atoms with Gasteiger partial charge in [0.2, 0.25) is 0 Å². The summed E-state index contributed by atoms with van der Waals surface area (Å²) in [5.74, 6) is 0. The molecule has 13 heavy (non-hydrogen) atoms. The number of hydrogen-bond donors (Lipinski definition) is 2. The number of rotatable bonds is 6. The SMILES string of the molecule is CCCC/C(CCC)=N\NC(N)=S. The molecule has 0 aromatic heterocycles. The molecule has 0 heterocycles. The molecule has 3 nitrogen and oxygen atoms in total. The molecule has 0 aliphatic carbocycles. The molecule has 0 radical (unpaired) electrons. The van der Waals surface area contributed by atoms with E-state index in [1.807, 2.05) is 0 Å². The van der Waals surface area contributed by atoms with Crippen LogP contribution in [-0.2, 0) is 0 Å². The van der Waals surface area contributed by atoms with Gasteiger partial charge in [0.05, 0.1) is 0 Å². The molecule has 0 amide bonds. The molecular weight excluding hydrogens is 182 g/mol. The Bertz CT molecular complexity index is 178. The van der Waals surface area contributed by atoms with Crippen molar-refractivity contribution in [1.29, 1.82) is 0 Å². The van der Waals surface area contributed by atoms with Gasteiger partial charge in [-0.1, -0.05) is 26.7 Å². The Labute approximate surface area is 85.8 Å². The largest absolute Gasteiger partial charge is 0.375 e. The van der Waals surface area contributed by atoms with Crippen LogP contribution in [0.2, 0.25) is 0 Å². The van der Waals surface area contributed by atoms with Gasteiger partial charge in [0.15, 0.2) is 5.11 Å². The van der Waals surface area contributed by atoms with Gasteiger partial charge in [-0.3, -0.25) is 5.43 Å². The molecule has 0 aliphatic rings. The Hall–Kier alpha value is -0.640. The Balaban J connectivity index is 3.90. The van der Waals surface area contributed by atoms with Crippen molar-refractivity contribution in [2.24, 2.45) is 10.8 Å². The van der Waals surface area contributed by atoms with Crippen molar-refractivity contribution in [3.63, 3.8) is 0 Å². The van der Waals surface area contributed by atoms with Crippen molar-refractivity contribution < 1.29 is 0 Å². The minimum absolute atomic E-state index is 0.241. The molecule has 0 fully saturated rings. The fourth-order valence-electron chi connectivity index (χ4n) is 1.04. The molecule has 0 saturated heterocycles. The van der Waals surface area contributed by atoms with Crippen LogP contribution in [0, 0.1) is 0 Å². The maximum atomic E-state index is 5.28. The van der Waals surface area contributed by atoms with E-state index in [1.165, 1.54) is 12.8 Å². The van der Waals surface area contributed by atoms with Crippen LogP contribution in [0.25, 0.3) is 0 Å². The lowest BCUT2D eigenvalue weighted by Crippen LogP contribution is -2.25. The van der Waals surface area contributed by atoms with E-state index in [2.05, 4.69) is 36.6 Å². The minimum atomic E-state index is 0.241. The molecule has 76 valence electrons. The summed E-state index contributed by atoms with van der Waals surface area (Å²) < 4.78 is 0. The van der Waals surface area contributed by atoms with E-state index in [1.54, 1.807) is 0 Å². The molecule has 4 heteroatoms. The zero-order valence-corrected chi connectivity index (χ0v) is 9.28. The topological polar surface area (TPSA) is 50.4 Å². The molecule has 0 spiro atoms. The summed E-state index contributed by atoms with van der Waals surface area (Å²) in [6, 6.07) is 0. The molecule has 0 bridgehead atoms. The number of hydrazone groups is 1. The molecule has 0 atom stereocenters. The smallest absolute Gasteiger partial charge is 0.184 e. The van der Waals surface area contributed by atoms with Crippen molar-refractivity contribution >= 4 is 23.0 Å². The van der Waals surface area contributed by atoms with Crippen molar-refractivity contribution in [3.05, 3.63) is 0 Å². The van der Waals surface area contributed by atoms with Crippen LogP contribution in [-0.4, -0.2) is 10.8 Å². The molecule has 0 aromatic rings. The highest BCUT2D eigenvalue weighted by Gasteiger charge is 1.97. The van der Waals surface area contributed by atoms with Crippen LogP contribution in [0.4, 0.5) is 0 Å².